The van der Waals surface area contributed by atoms with Crippen molar-refractivity contribution in [2.24, 2.45) is 5.41 Å². The summed E-state index contributed by atoms with van der Waals surface area (Å²) in [6.07, 6.45) is 3.82. The van der Waals surface area contributed by atoms with Crippen LogP contribution in [0.1, 0.15) is 25.7 Å². The molecule has 5 nitrogen and oxygen atoms in total. The number of aliphatic hydroxyl groups is 1. The number of aliphatic carboxylic acids is 1. The van der Waals surface area contributed by atoms with Gasteiger partial charge in [0.25, 0.3) is 0 Å². The maximum atomic E-state index is 11.3. The molecule has 0 heterocycles. The Morgan fingerprint density at radius 2 is 1.94 bits per heavy atom. The molecule has 1 unspecified atom stereocenters. The molecular weight excluding hydrogens is 210 g/mol. The average molecular weight is 229 g/mol. The van der Waals surface area contributed by atoms with Gasteiger partial charge in [-0.15, -0.1) is 0 Å². The summed E-state index contributed by atoms with van der Waals surface area (Å²) in [4.78, 5) is 11.3. The molecule has 2 aliphatic rings. The Morgan fingerprint density at radius 1 is 1.25 bits per heavy atom. The number of carboxylic acid groups (broad SMARTS) is 1. The Balaban J connectivity index is 1.79. The Bertz CT molecular complexity index is 277. The Hall–Kier alpha value is -0.650. The van der Waals surface area contributed by atoms with Crippen LogP contribution in [0.15, 0.2) is 0 Å². The number of rotatable bonds is 7. The predicted octanol–water partition coefficient (Wildman–Crippen LogP) is -0.0177. The number of carbonyl (C=O) groups is 1. The normalized spacial score (nSPS) is 30.1. The number of hydrogen-bond acceptors (Lipinski definition) is 4. The Kier molecular flexibility index (Phi) is 3.19. The van der Waals surface area contributed by atoms with Crippen LogP contribution in [0.5, 0.6) is 0 Å². The van der Waals surface area contributed by atoms with Gasteiger partial charge in [-0.1, -0.05) is 0 Å². The number of nitrogens with one attached hydrogen (secondary N) is 1. The zero-order chi connectivity index (χ0) is 11.6. The summed E-state index contributed by atoms with van der Waals surface area (Å²) in [5.41, 5.74) is -0.661. The van der Waals surface area contributed by atoms with Gasteiger partial charge < -0.3 is 14.9 Å². The molecule has 0 saturated heterocycles. The third-order valence-electron chi connectivity index (χ3n) is 4.01. The quantitative estimate of drug-likeness (QED) is 0.535. The molecule has 1 spiro atoms. The lowest BCUT2D eigenvalue weighted by Gasteiger charge is -2.48. The second-order valence-electron chi connectivity index (χ2n) is 4.75. The first-order valence-electron chi connectivity index (χ1n) is 5.84. The van der Waals surface area contributed by atoms with Crippen molar-refractivity contribution in [1.29, 1.82) is 0 Å². The van der Waals surface area contributed by atoms with Crippen molar-refractivity contribution in [3.05, 3.63) is 0 Å². The topological polar surface area (TPSA) is 78.8 Å². The van der Waals surface area contributed by atoms with Gasteiger partial charge in [-0.3, -0.25) is 10.1 Å². The van der Waals surface area contributed by atoms with E-state index in [-0.39, 0.29) is 12.0 Å². The second kappa shape index (κ2) is 4.31. The van der Waals surface area contributed by atoms with Crippen molar-refractivity contribution in [2.75, 3.05) is 26.4 Å². The molecule has 2 aliphatic carbocycles. The molecule has 2 fully saturated rings. The molecule has 2 saturated carbocycles. The van der Waals surface area contributed by atoms with Crippen LogP contribution in [0.4, 0.5) is 0 Å². The molecule has 0 radical (unpaired) electrons. The standard InChI is InChI=1S/C11H19NO4/c13-6-8-16-7-5-12-11(9(14)15)4-3-10(11)1-2-10/h12-13H,1-8H2,(H,14,15). The summed E-state index contributed by atoms with van der Waals surface area (Å²) < 4.78 is 5.11. The molecule has 0 bridgehead atoms. The average Bonchev–Trinajstić information content (AvgIpc) is 3.03. The molecule has 0 aromatic rings. The summed E-state index contributed by atoms with van der Waals surface area (Å²) in [5, 5.41) is 21.0. The van der Waals surface area contributed by atoms with Gasteiger partial charge in [0, 0.05) is 6.54 Å². The van der Waals surface area contributed by atoms with Gasteiger partial charge in [0.15, 0.2) is 0 Å². The molecule has 92 valence electrons. The van der Waals surface area contributed by atoms with E-state index in [0.717, 1.165) is 25.7 Å². The van der Waals surface area contributed by atoms with Crippen LogP contribution in [-0.4, -0.2) is 48.1 Å². The third kappa shape index (κ3) is 1.73. The van der Waals surface area contributed by atoms with Crippen LogP contribution in [0.25, 0.3) is 0 Å². The summed E-state index contributed by atoms with van der Waals surface area (Å²) in [7, 11) is 0. The van der Waals surface area contributed by atoms with Gasteiger partial charge in [0.05, 0.1) is 19.8 Å². The fourth-order valence-corrected chi connectivity index (χ4v) is 2.74. The smallest absolute Gasteiger partial charge is 0.324 e. The van der Waals surface area contributed by atoms with Crippen LogP contribution in [0.3, 0.4) is 0 Å². The van der Waals surface area contributed by atoms with E-state index in [1.54, 1.807) is 0 Å². The number of hydrogen-bond donors (Lipinski definition) is 3. The van der Waals surface area contributed by atoms with Crippen LogP contribution in [-0.2, 0) is 9.53 Å². The first kappa shape index (κ1) is 11.8. The van der Waals surface area contributed by atoms with E-state index in [1.807, 2.05) is 0 Å². The lowest BCUT2D eigenvalue weighted by atomic mass is 9.63. The molecule has 16 heavy (non-hydrogen) atoms. The van der Waals surface area contributed by atoms with Crippen molar-refractivity contribution in [3.8, 4) is 0 Å². The molecule has 5 heteroatoms. The monoisotopic (exact) mass is 229 g/mol. The van der Waals surface area contributed by atoms with Gasteiger partial charge >= 0.3 is 5.97 Å². The van der Waals surface area contributed by atoms with Gasteiger partial charge in [-0.25, -0.2) is 0 Å². The minimum absolute atomic E-state index is 0.00795. The van der Waals surface area contributed by atoms with Crippen LogP contribution < -0.4 is 5.32 Å². The SMILES string of the molecule is O=C(O)C1(NCCOCCO)CCC12CC2. The molecular formula is C11H19NO4. The van der Waals surface area contributed by atoms with Crippen LogP contribution in [0.2, 0.25) is 0 Å². The fraction of sp³-hybridized carbons (Fsp3) is 0.909. The third-order valence-corrected chi connectivity index (χ3v) is 4.01. The van der Waals surface area contributed by atoms with Gasteiger partial charge in [-0.2, -0.15) is 0 Å². The second-order valence-corrected chi connectivity index (χ2v) is 4.75. The zero-order valence-electron chi connectivity index (χ0n) is 9.37. The Morgan fingerprint density at radius 3 is 2.38 bits per heavy atom. The molecule has 2 rings (SSSR count). The van der Waals surface area contributed by atoms with E-state index in [2.05, 4.69) is 5.32 Å². The van der Waals surface area contributed by atoms with E-state index in [9.17, 15) is 9.90 Å². The van der Waals surface area contributed by atoms with Crippen molar-refractivity contribution in [3.63, 3.8) is 0 Å². The van der Waals surface area contributed by atoms with E-state index in [4.69, 9.17) is 9.84 Å². The van der Waals surface area contributed by atoms with Crippen LogP contribution >= 0.6 is 0 Å². The highest BCUT2D eigenvalue weighted by atomic mass is 16.5. The van der Waals surface area contributed by atoms with Gasteiger partial charge in [0.1, 0.15) is 5.54 Å². The van der Waals surface area contributed by atoms with Gasteiger partial charge in [-0.05, 0) is 31.1 Å². The van der Waals surface area contributed by atoms with E-state index >= 15 is 0 Å². The van der Waals surface area contributed by atoms with Crippen molar-refractivity contribution < 1.29 is 19.7 Å². The summed E-state index contributed by atoms with van der Waals surface area (Å²) >= 11 is 0. The molecule has 1 atom stereocenters. The molecule has 0 aromatic carbocycles. The van der Waals surface area contributed by atoms with Crippen molar-refractivity contribution >= 4 is 5.97 Å². The maximum Gasteiger partial charge on any atom is 0.324 e. The fourth-order valence-electron chi connectivity index (χ4n) is 2.74. The van der Waals surface area contributed by atoms with Crippen molar-refractivity contribution in [2.45, 2.75) is 31.2 Å². The highest BCUT2D eigenvalue weighted by Crippen LogP contribution is 2.66. The minimum atomic E-state index is -0.724. The molecule has 0 amide bonds. The summed E-state index contributed by atoms with van der Waals surface area (Å²) in [6, 6.07) is 0. The van der Waals surface area contributed by atoms with E-state index < -0.39 is 11.5 Å². The van der Waals surface area contributed by atoms with Gasteiger partial charge in [0.2, 0.25) is 0 Å². The van der Waals surface area contributed by atoms with E-state index in [1.165, 1.54) is 0 Å². The predicted molar refractivity (Wildman–Crippen MR) is 57.2 cm³/mol. The first-order valence-corrected chi connectivity index (χ1v) is 5.84. The van der Waals surface area contributed by atoms with Crippen LogP contribution in [0, 0.1) is 5.41 Å². The molecule has 3 N–H and O–H groups in total. The maximum absolute atomic E-state index is 11.3. The Labute approximate surface area is 94.8 Å². The lowest BCUT2D eigenvalue weighted by Crippen LogP contribution is -2.65. The number of carboxylic acids is 1. The largest absolute Gasteiger partial charge is 0.480 e. The summed E-state index contributed by atoms with van der Waals surface area (Å²) in [5.74, 6) is -0.724. The summed E-state index contributed by atoms with van der Waals surface area (Å²) in [6.45, 7) is 1.31. The molecule has 0 aliphatic heterocycles. The first-order chi connectivity index (χ1) is 7.67. The van der Waals surface area contributed by atoms with Crippen molar-refractivity contribution in [1.82, 2.24) is 5.32 Å². The zero-order valence-corrected chi connectivity index (χ0v) is 9.37. The molecule has 0 aromatic heterocycles. The lowest BCUT2D eigenvalue weighted by molar-refractivity contribution is -0.155. The van der Waals surface area contributed by atoms with E-state index in [0.29, 0.717) is 19.8 Å². The number of ether oxygens (including phenoxy) is 1. The highest BCUT2D eigenvalue weighted by Gasteiger charge is 2.69. The highest BCUT2D eigenvalue weighted by molar-refractivity contribution is 5.82. The number of aliphatic hydroxyl groups excluding tert-OH is 1. The minimum Gasteiger partial charge on any atom is -0.480 e.